The maximum atomic E-state index is 5.31. The molecule has 0 aliphatic rings. The summed E-state index contributed by atoms with van der Waals surface area (Å²) in [6, 6.07) is 8.27. The van der Waals surface area contributed by atoms with Crippen LogP contribution in [0.5, 0.6) is 5.75 Å². The molecule has 0 bridgehead atoms. The number of pyridine rings is 1. The van der Waals surface area contributed by atoms with E-state index in [1.54, 1.807) is 7.11 Å². The fourth-order valence-corrected chi connectivity index (χ4v) is 2.15. The molecule has 0 aliphatic heterocycles. The Hall–Kier alpha value is -1.77. The average molecular weight is 258 g/mol. The van der Waals surface area contributed by atoms with Crippen molar-refractivity contribution in [3.05, 3.63) is 30.0 Å². The molecular weight excluding hydrogens is 236 g/mol. The minimum Gasteiger partial charge on any atom is -0.497 e. The first-order valence-electron chi connectivity index (χ1n) is 6.49. The van der Waals surface area contributed by atoms with E-state index >= 15 is 0 Å². The van der Waals surface area contributed by atoms with Gasteiger partial charge in [-0.2, -0.15) is 0 Å². The summed E-state index contributed by atoms with van der Waals surface area (Å²) in [6.45, 7) is 6.58. The fourth-order valence-electron chi connectivity index (χ4n) is 2.15. The molecule has 1 aromatic heterocycles. The first-order valence-corrected chi connectivity index (χ1v) is 6.49. The number of fused-ring (bicyclic) bond motifs is 1. The van der Waals surface area contributed by atoms with Crippen LogP contribution in [0.4, 0.5) is 5.82 Å². The molecule has 2 aromatic rings. The zero-order valence-electron chi connectivity index (χ0n) is 12.6. The second kappa shape index (κ2) is 4.72. The van der Waals surface area contributed by atoms with E-state index in [9.17, 15) is 0 Å². The molecule has 1 heterocycles. The number of ether oxygens (including phenoxy) is 1. The van der Waals surface area contributed by atoms with Gasteiger partial charge < -0.3 is 9.64 Å². The number of aromatic nitrogens is 1. The highest BCUT2D eigenvalue weighted by Gasteiger charge is 2.20. The summed E-state index contributed by atoms with van der Waals surface area (Å²) in [7, 11) is 5.72. The lowest BCUT2D eigenvalue weighted by molar-refractivity contribution is 0.415. The monoisotopic (exact) mass is 258 g/mol. The summed E-state index contributed by atoms with van der Waals surface area (Å²) in [5.41, 5.74) is 1.13. The molecule has 3 heteroatoms. The van der Waals surface area contributed by atoms with Crippen LogP contribution in [-0.4, -0.2) is 26.2 Å². The lowest BCUT2D eigenvalue weighted by Crippen LogP contribution is -2.18. The van der Waals surface area contributed by atoms with E-state index in [1.165, 1.54) is 10.8 Å². The van der Waals surface area contributed by atoms with Crippen LogP contribution in [0, 0.1) is 0 Å². The lowest BCUT2D eigenvalue weighted by atomic mass is 9.88. The smallest absolute Gasteiger partial charge is 0.128 e. The maximum Gasteiger partial charge on any atom is 0.128 e. The third kappa shape index (κ3) is 2.65. The van der Waals surface area contributed by atoms with Crippen LogP contribution in [-0.2, 0) is 5.41 Å². The van der Waals surface area contributed by atoms with Crippen LogP contribution in [0.25, 0.3) is 10.8 Å². The van der Waals surface area contributed by atoms with E-state index < -0.39 is 0 Å². The van der Waals surface area contributed by atoms with Gasteiger partial charge in [-0.1, -0.05) is 20.8 Å². The van der Waals surface area contributed by atoms with Crippen LogP contribution in [0.15, 0.2) is 24.3 Å². The maximum absolute atomic E-state index is 5.31. The van der Waals surface area contributed by atoms with Crippen LogP contribution < -0.4 is 9.64 Å². The van der Waals surface area contributed by atoms with Crippen molar-refractivity contribution in [3.63, 3.8) is 0 Å². The van der Waals surface area contributed by atoms with Gasteiger partial charge in [0.15, 0.2) is 0 Å². The van der Waals surface area contributed by atoms with Gasteiger partial charge in [0.1, 0.15) is 11.6 Å². The molecule has 0 atom stereocenters. The molecule has 0 N–H and O–H groups in total. The van der Waals surface area contributed by atoms with Crippen molar-refractivity contribution in [3.8, 4) is 5.75 Å². The predicted molar refractivity (Wildman–Crippen MR) is 81.3 cm³/mol. The van der Waals surface area contributed by atoms with Gasteiger partial charge in [0, 0.05) is 24.9 Å². The van der Waals surface area contributed by atoms with Crippen LogP contribution in [0.1, 0.15) is 26.5 Å². The Morgan fingerprint density at radius 2 is 1.79 bits per heavy atom. The minimum absolute atomic E-state index is 0.0128. The van der Waals surface area contributed by atoms with Crippen molar-refractivity contribution >= 4 is 16.6 Å². The Bertz CT molecular complexity index is 597. The Kier molecular flexibility index (Phi) is 3.40. The minimum atomic E-state index is 0.0128. The van der Waals surface area contributed by atoms with Gasteiger partial charge in [-0.25, -0.2) is 4.98 Å². The van der Waals surface area contributed by atoms with Gasteiger partial charge in [0.05, 0.1) is 12.8 Å². The SMILES string of the molecule is COc1ccc2c(C(C)(C)C)nc(N(C)C)cc2c1. The van der Waals surface area contributed by atoms with Crippen molar-refractivity contribution < 1.29 is 4.74 Å². The summed E-state index contributed by atoms with van der Waals surface area (Å²) >= 11 is 0. The summed E-state index contributed by atoms with van der Waals surface area (Å²) in [4.78, 5) is 6.85. The number of methoxy groups -OCH3 is 1. The first kappa shape index (κ1) is 13.7. The van der Waals surface area contributed by atoms with Gasteiger partial charge in [-0.15, -0.1) is 0 Å². The van der Waals surface area contributed by atoms with E-state index in [2.05, 4.69) is 39.0 Å². The molecule has 0 aliphatic carbocycles. The highest BCUT2D eigenvalue weighted by molar-refractivity contribution is 5.88. The van der Waals surface area contributed by atoms with E-state index in [-0.39, 0.29) is 5.41 Å². The number of hydrogen-bond acceptors (Lipinski definition) is 3. The summed E-state index contributed by atoms with van der Waals surface area (Å²) < 4.78 is 5.31. The van der Waals surface area contributed by atoms with Gasteiger partial charge in [0.25, 0.3) is 0 Å². The highest BCUT2D eigenvalue weighted by Crippen LogP contribution is 2.32. The Labute approximate surface area is 115 Å². The van der Waals surface area contributed by atoms with E-state index in [1.807, 2.05) is 25.1 Å². The molecular formula is C16H22N2O. The zero-order chi connectivity index (χ0) is 14.2. The van der Waals surface area contributed by atoms with Gasteiger partial charge >= 0.3 is 0 Å². The summed E-state index contributed by atoms with van der Waals surface area (Å²) in [6.07, 6.45) is 0. The quantitative estimate of drug-likeness (QED) is 0.823. The number of benzene rings is 1. The number of anilines is 1. The fraction of sp³-hybridized carbons (Fsp3) is 0.438. The highest BCUT2D eigenvalue weighted by atomic mass is 16.5. The first-order chi connectivity index (χ1) is 8.82. The second-order valence-electron chi connectivity index (χ2n) is 6.06. The van der Waals surface area contributed by atoms with E-state index in [4.69, 9.17) is 9.72 Å². The van der Waals surface area contributed by atoms with E-state index in [0.717, 1.165) is 17.3 Å². The van der Waals surface area contributed by atoms with Crippen molar-refractivity contribution in [1.82, 2.24) is 4.98 Å². The molecule has 3 nitrogen and oxygen atoms in total. The largest absolute Gasteiger partial charge is 0.497 e. The molecule has 0 fully saturated rings. The molecule has 102 valence electrons. The average Bonchev–Trinajstić information content (AvgIpc) is 2.35. The molecule has 0 radical (unpaired) electrons. The summed E-state index contributed by atoms with van der Waals surface area (Å²) in [5, 5.41) is 2.36. The predicted octanol–water partition coefficient (Wildman–Crippen LogP) is 3.61. The standard InChI is InChI=1S/C16H22N2O/c1-16(2,3)15-13-8-7-12(19-6)9-11(13)10-14(17-15)18(4)5/h7-10H,1-6H3. The Balaban J connectivity index is 2.78. The molecule has 0 saturated carbocycles. The zero-order valence-corrected chi connectivity index (χ0v) is 12.6. The van der Waals surface area contributed by atoms with Crippen molar-refractivity contribution in [1.29, 1.82) is 0 Å². The van der Waals surface area contributed by atoms with Gasteiger partial charge in [0.2, 0.25) is 0 Å². The molecule has 0 saturated heterocycles. The molecule has 0 unspecified atom stereocenters. The third-order valence-corrected chi connectivity index (χ3v) is 3.19. The lowest BCUT2D eigenvalue weighted by Gasteiger charge is -2.23. The molecule has 0 spiro atoms. The molecule has 0 amide bonds. The summed E-state index contributed by atoms with van der Waals surface area (Å²) in [5.74, 6) is 1.86. The van der Waals surface area contributed by atoms with Crippen LogP contribution in [0.2, 0.25) is 0 Å². The second-order valence-corrected chi connectivity index (χ2v) is 6.06. The molecule has 19 heavy (non-hydrogen) atoms. The molecule has 2 rings (SSSR count). The van der Waals surface area contributed by atoms with Gasteiger partial charge in [-0.3, -0.25) is 0 Å². The van der Waals surface area contributed by atoms with Crippen molar-refractivity contribution in [2.45, 2.75) is 26.2 Å². The topological polar surface area (TPSA) is 25.4 Å². The number of hydrogen-bond donors (Lipinski definition) is 0. The third-order valence-electron chi connectivity index (χ3n) is 3.19. The number of rotatable bonds is 2. The normalized spacial score (nSPS) is 11.7. The number of nitrogens with zero attached hydrogens (tertiary/aromatic N) is 2. The van der Waals surface area contributed by atoms with Gasteiger partial charge in [-0.05, 0) is 29.7 Å². The Morgan fingerprint density at radius 3 is 2.32 bits per heavy atom. The molecule has 1 aromatic carbocycles. The van der Waals surface area contributed by atoms with Crippen molar-refractivity contribution in [2.75, 3.05) is 26.1 Å². The van der Waals surface area contributed by atoms with Crippen molar-refractivity contribution in [2.24, 2.45) is 0 Å². The van der Waals surface area contributed by atoms with Crippen LogP contribution in [0.3, 0.4) is 0 Å². The van der Waals surface area contributed by atoms with E-state index in [0.29, 0.717) is 0 Å². The Morgan fingerprint density at radius 1 is 1.11 bits per heavy atom. The van der Waals surface area contributed by atoms with Crippen LogP contribution >= 0.6 is 0 Å².